The summed E-state index contributed by atoms with van der Waals surface area (Å²) < 4.78 is 37.8. The number of thiophene rings is 1. The van der Waals surface area contributed by atoms with E-state index < -0.39 is 17.6 Å². The largest absolute Gasteiger partial charge is 0.486 e. The Morgan fingerprint density at radius 2 is 1.96 bits per heavy atom. The number of esters is 1. The molecule has 0 saturated carbocycles. The Morgan fingerprint density at radius 3 is 2.69 bits per heavy atom. The van der Waals surface area contributed by atoms with Crippen LogP contribution in [0.2, 0.25) is 0 Å². The van der Waals surface area contributed by atoms with E-state index in [1.54, 1.807) is 6.07 Å². The number of ether oxygens (including phenoxy) is 2. The van der Waals surface area contributed by atoms with Gasteiger partial charge in [-0.1, -0.05) is 0 Å². The second kappa shape index (κ2) is 7.88. The van der Waals surface area contributed by atoms with Crippen molar-refractivity contribution in [1.82, 2.24) is 9.97 Å². The first-order valence-corrected chi connectivity index (χ1v) is 8.84. The van der Waals surface area contributed by atoms with Gasteiger partial charge in [0.25, 0.3) is 0 Å². The van der Waals surface area contributed by atoms with Gasteiger partial charge in [-0.15, -0.1) is 11.3 Å². The average molecular weight is 441 g/mol. The highest BCUT2D eigenvalue weighted by atomic mass is 79.9. The zero-order valence-electron chi connectivity index (χ0n) is 13.3. The monoisotopic (exact) mass is 440 g/mol. The number of pyridine rings is 2. The van der Waals surface area contributed by atoms with Gasteiger partial charge in [-0.2, -0.15) is 0 Å². The van der Waals surface area contributed by atoms with Crippen LogP contribution in [0.5, 0.6) is 5.75 Å². The fraction of sp³-hybridized carbons (Fsp3) is 0.118. The highest BCUT2D eigenvalue weighted by Crippen LogP contribution is 2.39. The molecule has 0 aliphatic heterocycles. The van der Waals surface area contributed by atoms with Gasteiger partial charge in [0.15, 0.2) is 0 Å². The Balaban J connectivity index is 1.93. The van der Waals surface area contributed by atoms with E-state index in [1.807, 2.05) is 0 Å². The van der Waals surface area contributed by atoms with Crippen molar-refractivity contribution in [3.8, 4) is 17.0 Å². The van der Waals surface area contributed by atoms with Crippen molar-refractivity contribution in [3.05, 3.63) is 62.7 Å². The van der Waals surface area contributed by atoms with Gasteiger partial charge >= 0.3 is 5.97 Å². The molecule has 26 heavy (non-hydrogen) atoms. The van der Waals surface area contributed by atoms with Gasteiger partial charge in [0.05, 0.1) is 23.3 Å². The van der Waals surface area contributed by atoms with E-state index in [-0.39, 0.29) is 12.4 Å². The summed E-state index contributed by atoms with van der Waals surface area (Å²) in [5, 5.41) is 0. The molecule has 0 unspecified atom stereocenters. The molecule has 3 heterocycles. The predicted molar refractivity (Wildman–Crippen MR) is 95.1 cm³/mol. The quantitative estimate of drug-likeness (QED) is 0.542. The number of rotatable bonds is 5. The summed E-state index contributed by atoms with van der Waals surface area (Å²) >= 11 is 4.54. The Morgan fingerprint density at radius 1 is 1.19 bits per heavy atom. The van der Waals surface area contributed by atoms with Crippen LogP contribution < -0.4 is 4.74 Å². The number of halogens is 3. The highest BCUT2D eigenvalue weighted by Gasteiger charge is 2.19. The van der Waals surface area contributed by atoms with E-state index in [0.29, 0.717) is 25.5 Å². The molecule has 0 atom stereocenters. The van der Waals surface area contributed by atoms with Gasteiger partial charge in [-0.05, 0) is 28.1 Å². The SMILES string of the molecule is COC(=O)c1cc(-c2ncc(F)cc2OCc2cncc(F)c2)c(Br)s1. The molecule has 0 aromatic carbocycles. The summed E-state index contributed by atoms with van der Waals surface area (Å²) in [6.07, 6.45) is 3.58. The van der Waals surface area contributed by atoms with Gasteiger partial charge in [0.1, 0.15) is 34.6 Å². The molecule has 3 aromatic rings. The number of hydrogen-bond acceptors (Lipinski definition) is 6. The minimum absolute atomic E-state index is 0.0193. The third-order valence-electron chi connectivity index (χ3n) is 3.30. The number of aromatic nitrogens is 2. The number of carbonyl (C=O) groups is 1. The first-order chi connectivity index (χ1) is 12.5. The van der Waals surface area contributed by atoms with Gasteiger partial charge in [-0.25, -0.2) is 18.6 Å². The average Bonchev–Trinajstić information content (AvgIpc) is 3.01. The summed E-state index contributed by atoms with van der Waals surface area (Å²) in [5.41, 5.74) is 1.39. The lowest BCUT2D eigenvalue weighted by molar-refractivity contribution is 0.0606. The summed E-state index contributed by atoms with van der Waals surface area (Å²) in [7, 11) is 1.29. The lowest BCUT2D eigenvalue weighted by Gasteiger charge is -2.10. The first kappa shape index (κ1) is 18.4. The van der Waals surface area contributed by atoms with Crippen molar-refractivity contribution in [3.63, 3.8) is 0 Å². The van der Waals surface area contributed by atoms with E-state index in [4.69, 9.17) is 9.47 Å². The van der Waals surface area contributed by atoms with Crippen LogP contribution in [-0.4, -0.2) is 23.0 Å². The molecule has 5 nitrogen and oxygen atoms in total. The fourth-order valence-electron chi connectivity index (χ4n) is 2.16. The third-order valence-corrected chi connectivity index (χ3v) is 5.12. The van der Waals surface area contributed by atoms with Crippen LogP contribution in [0.25, 0.3) is 11.3 Å². The van der Waals surface area contributed by atoms with Gasteiger partial charge in [-0.3, -0.25) is 4.98 Å². The van der Waals surface area contributed by atoms with E-state index in [2.05, 4.69) is 25.9 Å². The molecule has 0 bridgehead atoms. The maximum Gasteiger partial charge on any atom is 0.348 e. The second-order valence-electron chi connectivity index (χ2n) is 5.09. The molecular formula is C17H11BrF2N2O3S. The van der Waals surface area contributed by atoms with Crippen molar-refractivity contribution in [2.45, 2.75) is 6.61 Å². The van der Waals surface area contributed by atoms with Crippen LogP contribution in [0, 0.1) is 11.6 Å². The van der Waals surface area contributed by atoms with Crippen LogP contribution in [0.4, 0.5) is 8.78 Å². The number of nitrogens with zero attached hydrogens (tertiary/aromatic N) is 2. The van der Waals surface area contributed by atoms with Crippen molar-refractivity contribution < 1.29 is 23.0 Å². The Bertz CT molecular complexity index is 965. The Hall–Kier alpha value is -2.39. The zero-order chi connectivity index (χ0) is 18.7. The standard InChI is InChI=1S/C17H11BrF2N2O3S/c1-24-17(23)14-4-12(16(18)26-14)15-13(3-11(20)7-22-15)25-8-9-2-10(19)6-21-5-9/h2-7H,8H2,1H3. The molecular weight excluding hydrogens is 430 g/mol. The molecule has 0 fully saturated rings. The van der Waals surface area contributed by atoms with Gasteiger partial charge in [0, 0.05) is 23.4 Å². The molecule has 9 heteroatoms. The lowest BCUT2D eigenvalue weighted by Crippen LogP contribution is -2.00. The number of methoxy groups -OCH3 is 1. The molecule has 0 aliphatic carbocycles. The maximum atomic E-state index is 13.6. The second-order valence-corrected chi connectivity index (χ2v) is 7.46. The van der Waals surface area contributed by atoms with Gasteiger partial charge in [0.2, 0.25) is 0 Å². The maximum absolute atomic E-state index is 13.6. The third kappa shape index (κ3) is 4.05. The Labute approximate surface area is 159 Å². The van der Waals surface area contributed by atoms with Crippen LogP contribution in [0.3, 0.4) is 0 Å². The zero-order valence-corrected chi connectivity index (χ0v) is 15.7. The first-order valence-electron chi connectivity index (χ1n) is 7.23. The summed E-state index contributed by atoms with van der Waals surface area (Å²) in [6, 6.07) is 4.03. The van der Waals surface area contributed by atoms with Gasteiger partial charge < -0.3 is 9.47 Å². The number of carbonyl (C=O) groups excluding carboxylic acids is 1. The smallest absolute Gasteiger partial charge is 0.348 e. The molecule has 0 spiro atoms. The molecule has 0 saturated heterocycles. The summed E-state index contributed by atoms with van der Waals surface area (Å²) in [6.45, 7) is -0.0193. The van der Waals surface area contributed by atoms with Crippen molar-refractivity contribution in [2.24, 2.45) is 0 Å². The van der Waals surface area contributed by atoms with Crippen LogP contribution in [0.15, 0.2) is 40.6 Å². The molecule has 0 aliphatic rings. The van der Waals surface area contributed by atoms with Crippen LogP contribution in [0.1, 0.15) is 15.2 Å². The van der Waals surface area contributed by atoms with Crippen LogP contribution in [-0.2, 0) is 11.3 Å². The van der Waals surface area contributed by atoms with Crippen molar-refractivity contribution >= 4 is 33.2 Å². The fourth-order valence-corrected chi connectivity index (χ4v) is 3.79. The van der Waals surface area contributed by atoms with Crippen molar-refractivity contribution in [2.75, 3.05) is 7.11 Å². The van der Waals surface area contributed by atoms with E-state index in [0.717, 1.165) is 23.7 Å². The molecule has 0 N–H and O–H groups in total. The van der Waals surface area contributed by atoms with E-state index in [9.17, 15) is 13.6 Å². The van der Waals surface area contributed by atoms with E-state index >= 15 is 0 Å². The number of hydrogen-bond donors (Lipinski definition) is 0. The molecule has 0 radical (unpaired) electrons. The molecule has 134 valence electrons. The minimum atomic E-state index is -0.583. The van der Waals surface area contributed by atoms with Crippen molar-refractivity contribution in [1.29, 1.82) is 0 Å². The predicted octanol–water partition coefficient (Wildman–Crippen LogP) is 4.61. The van der Waals surface area contributed by atoms with E-state index in [1.165, 1.54) is 25.4 Å². The normalized spacial score (nSPS) is 10.6. The molecule has 3 aromatic heterocycles. The lowest BCUT2D eigenvalue weighted by atomic mass is 10.2. The van der Waals surface area contributed by atoms with Crippen LogP contribution >= 0.6 is 27.3 Å². The minimum Gasteiger partial charge on any atom is -0.486 e. The highest BCUT2D eigenvalue weighted by molar-refractivity contribution is 9.11. The Kier molecular flexibility index (Phi) is 5.58. The molecule has 3 rings (SSSR count). The summed E-state index contributed by atoms with van der Waals surface area (Å²) in [4.78, 5) is 19.9. The topological polar surface area (TPSA) is 61.3 Å². The molecule has 0 amide bonds. The summed E-state index contributed by atoms with van der Waals surface area (Å²) in [5.74, 6) is -1.41.